The molecular weight excluding hydrogens is 288 g/mol. The Morgan fingerprint density at radius 3 is 2.29 bits per heavy atom. The number of nitrogens with one attached hydrogen (secondary N) is 1. The third kappa shape index (κ3) is 3.59. The van der Waals surface area contributed by atoms with E-state index in [9.17, 15) is 13.2 Å². The van der Waals surface area contributed by atoms with E-state index in [2.05, 4.69) is 26.1 Å². The molecule has 5 nitrogen and oxygen atoms in total. The highest BCUT2D eigenvalue weighted by Crippen LogP contribution is 2.44. The zero-order chi connectivity index (χ0) is 15.8. The fourth-order valence-corrected chi connectivity index (χ4v) is 5.15. The van der Waals surface area contributed by atoms with Crippen molar-refractivity contribution >= 4 is 15.7 Å². The van der Waals surface area contributed by atoms with Gasteiger partial charge in [-0.1, -0.05) is 20.8 Å². The van der Waals surface area contributed by atoms with Crippen LogP contribution in [0.2, 0.25) is 0 Å². The van der Waals surface area contributed by atoms with Crippen LogP contribution in [-0.4, -0.2) is 37.9 Å². The maximum atomic E-state index is 12.6. The Bertz CT molecular complexity index is 487. The quantitative estimate of drug-likeness (QED) is 0.798. The minimum absolute atomic E-state index is 0.00253. The molecule has 3 unspecified atom stereocenters. The first-order valence-electron chi connectivity index (χ1n) is 7.90. The summed E-state index contributed by atoms with van der Waals surface area (Å²) in [5.41, 5.74) is 6.01. The Labute approximate surface area is 128 Å². The lowest BCUT2D eigenvalue weighted by atomic mass is 9.61. The molecule has 3 atom stereocenters. The van der Waals surface area contributed by atoms with E-state index in [-0.39, 0.29) is 40.8 Å². The van der Waals surface area contributed by atoms with Crippen molar-refractivity contribution in [3.8, 4) is 0 Å². The Hall–Kier alpha value is -0.620. The number of sulfone groups is 1. The minimum Gasteiger partial charge on any atom is -0.353 e. The van der Waals surface area contributed by atoms with Gasteiger partial charge in [0.15, 0.2) is 0 Å². The van der Waals surface area contributed by atoms with Crippen LogP contribution in [0.4, 0.5) is 0 Å². The molecule has 1 aliphatic carbocycles. The zero-order valence-corrected chi connectivity index (χ0v) is 14.1. The van der Waals surface area contributed by atoms with Gasteiger partial charge in [0.25, 0.3) is 0 Å². The summed E-state index contributed by atoms with van der Waals surface area (Å²) in [4.78, 5) is 12.6. The second kappa shape index (κ2) is 5.88. The second-order valence-electron chi connectivity index (χ2n) is 7.34. The summed E-state index contributed by atoms with van der Waals surface area (Å²) < 4.78 is 22.9. The summed E-state index contributed by atoms with van der Waals surface area (Å²) in [6.45, 7) is 6.36. The molecule has 1 saturated carbocycles. The molecule has 1 heterocycles. The predicted octanol–water partition coefficient (Wildman–Crippen LogP) is 1.08. The van der Waals surface area contributed by atoms with E-state index in [1.165, 1.54) is 0 Å². The topological polar surface area (TPSA) is 89.3 Å². The highest BCUT2D eigenvalue weighted by atomic mass is 32.2. The van der Waals surface area contributed by atoms with Crippen molar-refractivity contribution < 1.29 is 13.2 Å². The van der Waals surface area contributed by atoms with Crippen LogP contribution in [0.3, 0.4) is 0 Å². The van der Waals surface area contributed by atoms with Crippen molar-refractivity contribution in [3.63, 3.8) is 0 Å². The third-order valence-corrected chi connectivity index (χ3v) is 7.44. The molecule has 0 bridgehead atoms. The fraction of sp³-hybridized carbons (Fsp3) is 0.933. The zero-order valence-electron chi connectivity index (χ0n) is 13.3. The lowest BCUT2D eigenvalue weighted by Gasteiger charge is -2.46. The average molecular weight is 316 g/mol. The average Bonchev–Trinajstić information content (AvgIpc) is 2.38. The Morgan fingerprint density at radius 2 is 1.71 bits per heavy atom. The fourth-order valence-electron chi connectivity index (χ4n) is 3.66. The molecule has 3 N–H and O–H groups in total. The highest BCUT2D eigenvalue weighted by Gasteiger charge is 2.45. The number of amides is 1. The van der Waals surface area contributed by atoms with Crippen LogP contribution in [0, 0.1) is 17.3 Å². The molecule has 2 fully saturated rings. The molecule has 122 valence electrons. The Morgan fingerprint density at radius 1 is 1.14 bits per heavy atom. The Kier molecular flexibility index (Phi) is 4.69. The van der Waals surface area contributed by atoms with Crippen molar-refractivity contribution in [1.82, 2.24) is 5.32 Å². The lowest BCUT2D eigenvalue weighted by molar-refractivity contribution is -0.133. The number of nitrogens with two attached hydrogens (primary N) is 1. The molecule has 1 saturated heterocycles. The van der Waals surface area contributed by atoms with E-state index in [0.717, 1.165) is 12.8 Å². The van der Waals surface area contributed by atoms with Gasteiger partial charge in [-0.15, -0.1) is 0 Å². The van der Waals surface area contributed by atoms with Gasteiger partial charge in [-0.3, -0.25) is 4.79 Å². The van der Waals surface area contributed by atoms with E-state index in [1.807, 2.05) is 0 Å². The molecule has 0 radical (unpaired) electrons. The van der Waals surface area contributed by atoms with Crippen LogP contribution in [-0.2, 0) is 14.6 Å². The van der Waals surface area contributed by atoms with Gasteiger partial charge in [-0.2, -0.15) is 0 Å². The van der Waals surface area contributed by atoms with Crippen LogP contribution in [0.1, 0.15) is 46.5 Å². The van der Waals surface area contributed by atoms with Gasteiger partial charge >= 0.3 is 0 Å². The molecule has 2 aliphatic rings. The normalized spacial score (nSPS) is 36.1. The molecule has 0 aromatic carbocycles. The van der Waals surface area contributed by atoms with Crippen molar-refractivity contribution in [3.05, 3.63) is 0 Å². The molecule has 1 amide bonds. The Balaban J connectivity index is 1.97. The molecule has 0 aromatic heterocycles. The molecular formula is C15H28N2O3S. The van der Waals surface area contributed by atoms with Gasteiger partial charge in [0.2, 0.25) is 5.91 Å². The smallest absolute Gasteiger partial charge is 0.223 e. The molecule has 6 heteroatoms. The van der Waals surface area contributed by atoms with E-state index < -0.39 is 9.84 Å². The van der Waals surface area contributed by atoms with Gasteiger partial charge in [-0.25, -0.2) is 8.42 Å². The van der Waals surface area contributed by atoms with Crippen molar-refractivity contribution in [1.29, 1.82) is 0 Å². The van der Waals surface area contributed by atoms with E-state index in [4.69, 9.17) is 5.73 Å². The van der Waals surface area contributed by atoms with Crippen molar-refractivity contribution in [2.24, 2.45) is 23.0 Å². The van der Waals surface area contributed by atoms with E-state index >= 15 is 0 Å². The first-order chi connectivity index (χ1) is 9.63. The molecule has 0 spiro atoms. The van der Waals surface area contributed by atoms with Crippen LogP contribution < -0.4 is 11.1 Å². The lowest BCUT2D eigenvalue weighted by Crippen LogP contribution is -2.53. The van der Waals surface area contributed by atoms with Gasteiger partial charge in [0, 0.05) is 18.0 Å². The maximum Gasteiger partial charge on any atom is 0.223 e. The third-order valence-electron chi connectivity index (χ3n) is 5.72. The molecule has 0 aromatic rings. The first-order valence-corrected chi connectivity index (χ1v) is 9.72. The second-order valence-corrected chi connectivity index (χ2v) is 9.64. The van der Waals surface area contributed by atoms with E-state index in [1.54, 1.807) is 0 Å². The van der Waals surface area contributed by atoms with E-state index in [0.29, 0.717) is 18.8 Å². The minimum atomic E-state index is -2.88. The summed E-state index contributed by atoms with van der Waals surface area (Å²) >= 11 is 0. The molecule has 21 heavy (non-hydrogen) atoms. The first kappa shape index (κ1) is 16.7. The number of hydrogen-bond donors (Lipinski definition) is 2. The highest BCUT2D eigenvalue weighted by molar-refractivity contribution is 7.91. The summed E-state index contributed by atoms with van der Waals surface area (Å²) in [7, 11) is -2.88. The van der Waals surface area contributed by atoms with Crippen molar-refractivity contribution in [2.75, 3.05) is 11.5 Å². The largest absolute Gasteiger partial charge is 0.353 e. The van der Waals surface area contributed by atoms with Gasteiger partial charge < -0.3 is 11.1 Å². The summed E-state index contributed by atoms with van der Waals surface area (Å²) in [6, 6.07) is 0.159. The number of rotatable bonds is 2. The standard InChI is InChI=1S/C15H28N2O3S/c1-10-13(16)5-4-12(15(10,2)3)14(18)17-11-6-8-21(19,20)9-7-11/h10-13H,4-9,16H2,1-3H3,(H,17,18). The summed E-state index contributed by atoms with van der Waals surface area (Å²) in [6.07, 6.45) is 2.77. The SMILES string of the molecule is CC1C(N)CCC(C(=O)NC2CCS(=O)(=O)CC2)C1(C)C. The summed E-state index contributed by atoms with van der Waals surface area (Å²) in [5, 5.41) is 3.07. The number of carbonyl (C=O) groups is 1. The number of hydrogen-bond acceptors (Lipinski definition) is 4. The maximum absolute atomic E-state index is 12.6. The van der Waals surface area contributed by atoms with Crippen molar-refractivity contribution in [2.45, 2.75) is 58.5 Å². The number of carbonyl (C=O) groups excluding carboxylic acids is 1. The predicted molar refractivity (Wildman–Crippen MR) is 83.5 cm³/mol. The van der Waals surface area contributed by atoms with Crippen LogP contribution in [0.5, 0.6) is 0 Å². The van der Waals surface area contributed by atoms with Gasteiger partial charge in [-0.05, 0) is 37.0 Å². The van der Waals surface area contributed by atoms with Crippen LogP contribution in [0.25, 0.3) is 0 Å². The van der Waals surface area contributed by atoms with Crippen LogP contribution >= 0.6 is 0 Å². The summed E-state index contributed by atoms with van der Waals surface area (Å²) in [5.74, 6) is 0.711. The van der Waals surface area contributed by atoms with Gasteiger partial charge in [0.1, 0.15) is 9.84 Å². The van der Waals surface area contributed by atoms with Crippen LogP contribution in [0.15, 0.2) is 0 Å². The monoisotopic (exact) mass is 316 g/mol. The molecule has 1 aliphatic heterocycles. The molecule has 2 rings (SSSR count). The van der Waals surface area contributed by atoms with Gasteiger partial charge in [0.05, 0.1) is 11.5 Å².